The standard InChI is InChI=1S/C11H14ClN/c12-10-4-5-11-8(6-10)2-1-3-9(11)7-13/h4-6,9H,1-3,7,13H2/t9-/m1/s1. The van der Waals surface area contributed by atoms with Crippen LogP contribution in [0.2, 0.25) is 5.02 Å². The summed E-state index contributed by atoms with van der Waals surface area (Å²) in [6.07, 6.45) is 3.63. The van der Waals surface area contributed by atoms with E-state index in [1.54, 1.807) is 0 Å². The van der Waals surface area contributed by atoms with Gasteiger partial charge in [-0.3, -0.25) is 0 Å². The van der Waals surface area contributed by atoms with Gasteiger partial charge in [0.25, 0.3) is 0 Å². The van der Waals surface area contributed by atoms with Gasteiger partial charge in [0.05, 0.1) is 0 Å². The van der Waals surface area contributed by atoms with Gasteiger partial charge in [0.15, 0.2) is 0 Å². The third-order valence-electron chi connectivity index (χ3n) is 2.83. The first kappa shape index (κ1) is 9.04. The normalized spacial score (nSPS) is 21.2. The molecule has 1 aliphatic rings. The molecular weight excluding hydrogens is 182 g/mol. The Labute approximate surface area is 83.9 Å². The summed E-state index contributed by atoms with van der Waals surface area (Å²) in [6, 6.07) is 6.18. The summed E-state index contributed by atoms with van der Waals surface area (Å²) in [6.45, 7) is 0.759. The van der Waals surface area contributed by atoms with Crippen LogP contribution < -0.4 is 5.73 Å². The van der Waals surface area contributed by atoms with E-state index in [9.17, 15) is 0 Å². The highest BCUT2D eigenvalue weighted by molar-refractivity contribution is 6.30. The highest BCUT2D eigenvalue weighted by Crippen LogP contribution is 2.32. The summed E-state index contributed by atoms with van der Waals surface area (Å²) in [7, 11) is 0. The van der Waals surface area contributed by atoms with Crippen LogP contribution in [0, 0.1) is 0 Å². The maximum Gasteiger partial charge on any atom is 0.0408 e. The minimum Gasteiger partial charge on any atom is -0.330 e. The average Bonchev–Trinajstić information content (AvgIpc) is 2.16. The lowest BCUT2D eigenvalue weighted by molar-refractivity contribution is 0.561. The second-order valence-electron chi connectivity index (χ2n) is 3.67. The summed E-state index contributed by atoms with van der Waals surface area (Å²) >= 11 is 5.94. The van der Waals surface area contributed by atoms with Crippen molar-refractivity contribution < 1.29 is 0 Å². The van der Waals surface area contributed by atoms with Crippen molar-refractivity contribution in [1.29, 1.82) is 0 Å². The Balaban J connectivity index is 2.40. The molecule has 2 rings (SSSR count). The van der Waals surface area contributed by atoms with Gasteiger partial charge in [-0.1, -0.05) is 17.7 Å². The summed E-state index contributed by atoms with van der Waals surface area (Å²) in [5, 5.41) is 0.844. The molecule has 0 saturated heterocycles. The molecule has 0 aromatic heterocycles. The van der Waals surface area contributed by atoms with Crippen LogP contribution in [0.5, 0.6) is 0 Å². The maximum atomic E-state index is 5.94. The first-order valence-electron chi connectivity index (χ1n) is 4.79. The van der Waals surface area contributed by atoms with Gasteiger partial charge in [0.1, 0.15) is 0 Å². The zero-order valence-electron chi connectivity index (χ0n) is 7.59. The fourth-order valence-electron chi connectivity index (χ4n) is 2.13. The minimum atomic E-state index is 0.556. The largest absolute Gasteiger partial charge is 0.330 e. The molecule has 1 atom stereocenters. The summed E-state index contributed by atoms with van der Waals surface area (Å²) in [4.78, 5) is 0. The fourth-order valence-corrected chi connectivity index (χ4v) is 2.32. The van der Waals surface area contributed by atoms with Crippen LogP contribution in [0.3, 0.4) is 0 Å². The molecule has 1 aromatic carbocycles. The first-order chi connectivity index (χ1) is 6.31. The van der Waals surface area contributed by atoms with Crippen LogP contribution in [0.1, 0.15) is 29.9 Å². The molecule has 1 nitrogen and oxygen atoms in total. The molecule has 0 bridgehead atoms. The van der Waals surface area contributed by atoms with Crippen LogP contribution in [0.4, 0.5) is 0 Å². The number of aryl methyl sites for hydroxylation is 1. The predicted molar refractivity (Wildman–Crippen MR) is 56.2 cm³/mol. The third-order valence-corrected chi connectivity index (χ3v) is 3.06. The number of hydrogen-bond acceptors (Lipinski definition) is 1. The lowest BCUT2D eigenvalue weighted by Gasteiger charge is -2.24. The van der Waals surface area contributed by atoms with Crippen molar-refractivity contribution in [2.24, 2.45) is 5.73 Å². The van der Waals surface area contributed by atoms with Crippen LogP contribution in [0.25, 0.3) is 0 Å². The third kappa shape index (κ3) is 1.72. The van der Waals surface area contributed by atoms with E-state index in [-0.39, 0.29) is 0 Å². The number of fused-ring (bicyclic) bond motifs is 1. The lowest BCUT2D eigenvalue weighted by atomic mass is 9.83. The average molecular weight is 196 g/mol. The number of nitrogens with two attached hydrogens (primary N) is 1. The molecule has 0 aliphatic heterocycles. The van der Waals surface area contributed by atoms with E-state index in [4.69, 9.17) is 17.3 Å². The van der Waals surface area contributed by atoms with Gasteiger partial charge in [-0.2, -0.15) is 0 Å². The molecule has 0 saturated carbocycles. The topological polar surface area (TPSA) is 26.0 Å². The fraction of sp³-hybridized carbons (Fsp3) is 0.455. The monoisotopic (exact) mass is 195 g/mol. The van der Waals surface area contributed by atoms with Crippen molar-refractivity contribution in [3.63, 3.8) is 0 Å². The molecule has 0 radical (unpaired) electrons. The highest BCUT2D eigenvalue weighted by Gasteiger charge is 2.18. The second-order valence-corrected chi connectivity index (χ2v) is 4.10. The maximum absolute atomic E-state index is 5.94. The Kier molecular flexibility index (Phi) is 2.56. The summed E-state index contributed by atoms with van der Waals surface area (Å²) in [5.41, 5.74) is 8.54. The van der Waals surface area contributed by atoms with E-state index in [0.717, 1.165) is 18.0 Å². The van der Waals surface area contributed by atoms with Crippen LogP contribution in [-0.2, 0) is 6.42 Å². The predicted octanol–water partition coefficient (Wildman–Crippen LogP) is 2.72. The number of benzene rings is 1. The second kappa shape index (κ2) is 3.69. The van der Waals surface area contributed by atoms with Crippen molar-refractivity contribution in [2.45, 2.75) is 25.2 Å². The number of halogens is 1. The van der Waals surface area contributed by atoms with Crippen molar-refractivity contribution in [1.82, 2.24) is 0 Å². The molecule has 2 heteroatoms. The Morgan fingerprint density at radius 1 is 1.46 bits per heavy atom. The molecule has 0 fully saturated rings. The SMILES string of the molecule is NC[C@H]1CCCc2cc(Cl)ccc21. The van der Waals surface area contributed by atoms with E-state index in [2.05, 4.69) is 12.1 Å². The Morgan fingerprint density at radius 2 is 2.31 bits per heavy atom. The molecule has 0 spiro atoms. The van der Waals surface area contributed by atoms with E-state index >= 15 is 0 Å². The summed E-state index contributed by atoms with van der Waals surface area (Å²) in [5.74, 6) is 0.556. The zero-order chi connectivity index (χ0) is 9.26. The molecule has 0 heterocycles. The molecule has 70 valence electrons. The van der Waals surface area contributed by atoms with Crippen molar-refractivity contribution in [3.05, 3.63) is 34.3 Å². The number of hydrogen-bond donors (Lipinski definition) is 1. The molecule has 13 heavy (non-hydrogen) atoms. The van der Waals surface area contributed by atoms with Crippen LogP contribution >= 0.6 is 11.6 Å². The molecule has 2 N–H and O–H groups in total. The van der Waals surface area contributed by atoms with Gasteiger partial charge in [0, 0.05) is 5.02 Å². The van der Waals surface area contributed by atoms with Gasteiger partial charge in [0.2, 0.25) is 0 Å². The van der Waals surface area contributed by atoms with E-state index in [1.807, 2.05) is 6.07 Å². The van der Waals surface area contributed by atoms with E-state index in [1.165, 1.54) is 24.0 Å². The van der Waals surface area contributed by atoms with Crippen LogP contribution in [-0.4, -0.2) is 6.54 Å². The molecular formula is C11H14ClN. The van der Waals surface area contributed by atoms with E-state index in [0.29, 0.717) is 5.92 Å². The quantitative estimate of drug-likeness (QED) is 0.733. The minimum absolute atomic E-state index is 0.556. The Bertz CT molecular complexity index is 309. The van der Waals surface area contributed by atoms with Gasteiger partial charge < -0.3 is 5.73 Å². The summed E-state index contributed by atoms with van der Waals surface area (Å²) < 4.78 is 0. The number of rotatable bonds is 1. The molecule has 1 aliphatic carbocycles. The Hall–Kier alpha value is -0.530. The highest BCUT2D eigenvalue weighted by atomic mass is 35.5. The smallest absolute Gasteiger partial charge is 0.0408 e. The molecule has 0 amide bonds. The van der Waals surface area contributed by atoms with Gasteiger partial charge in [-0.15, -0.1) is 0 Å². The van der Waals surface area contributed by atoms with Crippen molar-refractivity contribution in [2.75, 3.05) is 6.54 Å². The van der Waals surface area contributed by atoms with E-state index < -0.39 is 0 Å². The van der Waals surface area contributed by atoms with Crippen molar-refractivity contribution in [3.8, 4) is 0 Å². The molecule has 1 aromatic rings. The zero-order valence-corrected chi connectivity index (χ0v) is 8.35. The van der Waals surface area contributed by atoms with Crippen LogP contribution in [0.15, 0.2) is 18.2 Å². The van der Waals surface area contributed by atoms with Crippen molar-refractivity contribution >= 4 is 11.6 Å². The first-order valence-corrected chi connectivity index (χ1v) is 5.17. The lowest BCUT2D eigenvalue weighted by Crippen LogP contribution is -2.17. The van der Waals surface area contributed by atoms with Gasteiger partial charge >= 0.3 is 0 Å². The van der Waals surface area contributed by atoms with Gasteiger partial charge in [-0.05, 0) is 55.0 Å². The molecule has 0 unspecified atom stereocenters. The Morgan fingerprint density at radius 3 is 3.08 bits per heavy atom. The van der Waals surface area contributed by atoms with Gasteiger partial charge in [-0.25, -0.2) is 0 Å².